The van der Waals surface area contributed by atoms with Gasteiger partial charge in [-0.3, -0.25) is 0 Å². The number of anilines is 1. The van der Waals surface area contributed by atoms with Crippen LogP contribution < -0.4 is 5.32 Å². The fourth-order valence-electron chi connectivity index (χ4n) is 2.05. The van der Waals surface area contributed by atoms with Crippen molar-refractivity contribution in [3.8, 4) is 11.3 Å². The Morgan fingerprint density at radius 1 is 1.10 bits per heavy atom. The van der Waals surface area contributed by atoms with Crippen LogP contribution in [0.2, 0.25) is 0 Å². The molecule has 0 radical (unpaired) electrons. The highest BCUT2D eigenvalue weighted by Gasteiger charge is 2.02. The van der Waals surface area contributed by atoms with Gasteiger partial charge in [0.25, 0.3) is 0 Å². The van der Waals surface area contributed by atoms with E-state index in [-0.39, 0.29) is 0 Å². The number of hydrogen-bond donors (Lipinski definition) is 1. The van der Waals surface area contributed by atoms with E-state index < -0.39 is 0 Å². The van der Waals surface area contributed by atoms with Gasteiger partial charge in [0.1, 0.15) is 0 Å². The van der Waals surface area contributed by atoms with Crippen LogP contribution in [0.5, 0.6) is 0 Å². The largest absolute Gasteiger partial charge is 0.444 e. The standard InChI is InChI=1S/C17H16N2O/c1-13-5-7-14(8-6-13)10-19-16-4-2-3-15(9-16)17-11-18-12-20-17/h2-9,11-12,19H,10H2,1H3. The van der Waals surface area contributed by atoms with E-state index in [0.717, 1.165) is 23.6 Å². The number of oxazole rings is 1. The molecule has 3 nitrogen and oxygen atoms in total. The average Bonchev–Trinajstić information content (AvgIpc) is 3.01. The van der Waals surface area contributed by atoms with Crippen molar-refractivity contribution < 1.29 is 4.42 Å². The predicted molar refractivity (Wildman–Crippen MR) is 80.4 cm³/mol. The number of nitrogens with zero attached hydrogens (tertiary/aromatic N) is 1. The molecular weight excluding hydrogens is 248 g/mol. The lowest BCUT2D eigenvalue weighted by atomic mass is 10.1. The summed E-state index contributed by atoms with van der Waals surface area (Å²) >= 11 is 0. The van der Waals surface area contributed by atoms with Crippen LogP contribution in [0.4, 0.5) is 5.69 Å². The van der Waals surface area contributed by atoms with Crippen molar-refractivity contribution in [3.63, 3.8) is 0 Å². The Kier molecular flexibility index (Phi) is 3.50. The maximum atomic E-state index is 5.31. The van der Waals surface area contributed by atoms with Crippen LogP contribution in [0.15, 0.2) is 65.5 Å². The maximum absolute atomic E-state index is 5.31. The highest BCUT2D eigenvalue weighted by Crippen LogP contribution is 2.22. The number of rotatable bonds is 4. The van der Waals surface area contributed by atoms with Crippen molar-refractivity contribution in [1.29, 1.82) is 0 Å². The van der Waals surface area contributed by atoms with E-state index in [1.165, 1.54) is 17.5 Å². The van der Waals surface area contributed by atoms with Gasteiger partial charge in [0.05, 0.1) is 6.20 Å². The van der Waals surface area contributed by atoms with E-state index >= 15 is 0 Å². The summed E-state index contributed by atoms with van der Waals surface area (Å²) in [5.41, 5.74) is 4.64. The third kappa shape index (κ3) is 2.88. The van der Waals surface area contributed by atoms with Crippen LogP contribution in [-0.2, 0) is 6.54 Å². The van der Waals surface area contributed by atoms with Crippen molar-refractivity contribution in [2.45, 2.75) is 13.5 Å². The molecule has 1 N–H and O–H groups in total. The van der Waals surface area contributed by atoms with Crippen LogP contribution in [-0.4, -0.2) is 4.98 Å². The van der Waals surface area contributed by atoms with Crippen molar-refractivity contribution in [2.24, 2.45) is 0 Å². The summed E-state index contributed by atoms with van der Waals surface area (Å²) in [6.45, 7) is 2.90. The summed E-state index contributed by atoms with van der Waals surface area (Å²) in [6, 6.07) is 16.7. The summed E-state index contributed by atoms with van der Waals surface area (Å²) in [6.07, 6.45) is 3.17. The van der Waals surface area contributed by atoms with Crippen molar-refractivity contribution in [1.82, 2.24) is 4.98 Å². The summed E-state index contributed by atoms with van der Waals surface area (Å²) in [7, 11) is 0. The van der Waals surface area contributed by atoms with Gasteiger partial charge < -0.3 is 9.73 Å². The maximum Gasteiger partial charge on any atom is 0.181 e. The molecule has 3 aromatic rings. The lowest BCUT2D eigenvalue weighted by Crippen LogP contribution is -1.99. The quantitative estimate of drug-likeness (QED) is 0.765. The molecular formula is C17H16N2O. The molecule has 3 heteroatoms. The van der Waals surface area contributed by atoms with E-state index in [2.05, 4.69) is 47.6 Å². The van der Waals surface area contributed by atoms with E-state index in [1.807, 2.05) is 18.2 Å². The summed E-state index contributed by atoms with van der Waals surface area (Å²) < 4.78 is 5.31. The van der Waals surface area contributed by atoms with Crippen LogP contribution in [0.25, 0.3) is 11.3 Å². The van der Waals surface area contributed by atoms with E-state index in [9.17, 15) is 0 Å². The third-order valence-corrected chi connectivity index (χ3v) is 3.20. The normalized spacial score (nSPS) is 10.4. The molecule has 0 amide bonds. The zero-order valence-corrected chi connectivity index (χ0v) is 11.3. The highest BCUT2D eigenvalue weighted by atomic mass is 16.3. The van der Waals surface area contributed by atoms with E-state index in [0.29, 0.717) is 0 Å². The minimum absolute atomic E-state index is 0.781. The summed E-state index contributed by atoms with van der Waals surface area (Å²) in [5, 5.41) is 3.42. The Labute approximate surface area is 118 Å². The number of aromatic nitrogens is 1. The van der Waals surface area contributed by atoms with Gasteiger partial charge in [0.15, 0.2) is 12.2 Å². The first-order chi connectivity index (χ1) is 9.81. The van der Waals surface area contributed by atoms with E-state index in [1.54, 1.807) is 6.20 Å². The molecule has 20 heavy (non-hydrogen) atoms. The van der Waals surface area contributed by atoms with Crippen molar-refractivity contribution in [3.05, 3.63) is 72.2 Å². The molecule has 0 aliphatic rings. The summed E-state index contributed by atoms with van der Waals surface area (Å²) in [4.78, 5) is 3.94. The monoisotopic (exact) mass is 264 g/mol. The minimum Gasteiger partial charge on any atom is -0.444 e. The van der Waals surface area contributed by atoms with E-state index in [4.69, 9.17) is 4.42 Å². The average molecular weight is 264 g/mol. The van der Waals surface area contributed by atoms with Gasteiger partial charge in [0.2, 0.25) is 0 Å². The molecule has 0 saturated heterocycles. The predicted octanol–water partition coefficient (Wildman–Crippen LogP) is 4.26. The first-order valence-corrected chi connectivity index (χ1v) is 6.59. The number of aryl methyl sites for hydroxylation is 1. The Bertz CT molecular complexity index is 672. The van der Waals surface area contributed by atoms with Gasteiger partial charge >= 0.3 is 0 Å². The molecule has 3 rings (SSSR count). The topological polar surface area (TPSA) is 38.1 Å². The molecule has 0 aliphatic carbocycles. The number of nitrogens with one attached hydrogen (secondary N) is 1. The first-order valence-electron chi connectivity index (χ1n) is 6.59. The lowest BCUT2D eigenvalue weighted by Gasteiger charge is -2.08. The Morgan fingerprint density at radius 3 is 2.70 bits per heavy atom. The number of hydrogen-bond acceptors (Lipinski definition) is 3. The molecule has 0 unspecified atom stereocenters. The fourth-order valence-corrected chi connectivity index (χ4v) is 2.05. The molecule has 0 aliphatic heterocycles. The molecule has 1 aromatic heterocycles. The van der Waals surface area contributed by atoms with Gasteiger partial charge in [-0.1, -0.05) is 42.0 Å². The van der Waals surface area contributed by atoms with Gasteiger partial charge in [-0.2, -0.15) is 0 Å². The lowest BCUT2D eigenvalue weighted by molar-refractivity contribution is 0.572. The smallest absolute Gasteiger partial charge is 0.181 e. The van der Waals surface area contributed by atoms with Gasteiger partial charge in [-0.25, -0.2) is 4.98 Å². The third-order valence-electron chi connectivity index (χ3n) is 3.20. The van der Waals surface area contributed by atoms with Crippen LogP contribution >= 0.6 is 0 Å². The fraction of sp³-hybridized carbons (Fsp3) is 0.118. The van der Waals surface area contributed by atoms with Crippen LogP contribution in [0.1, 0.15) is 11.1 Å². The van der Waals surface area contributed by atoms with Gasteiger partial charge in [0, 0.05) is 17.8 Å². The number of benzene rings is 2. The highest BCUT2D eigenvalue weighted by molar-refractivity contribution is 5.63. The second-order valence-corrected chi connectivity index (χ2v) is 4.79. The molecule has 0 fully saturated rings. The molecule has 2 aromatic carbocycles. The van der Waals surface area contributed by atoms with Gasteiger partial charge in [-0.15, -0.1) is 0 Å². The van der Waals surface area contributed by atoms with Crippen LogP contribution in [0, 0.1) is 6.92 Å². The van der Waals surface area contributed by atoms with Crippen molar-refractivity contribution in [2.75, 3.05) is 5.32 Å². The molecule has 0 atom stereocenters. The molecule has 0 saturated carbocycles. The Hall–Kier alpha value is -2.55. The van der Waals surface area contributed by atoms with Crippen molar-refractivity contribution >= 4 is 5.69 Å². The molecule has 1 heterocycles. The van der Waals surface area contributed by atoms with Crippen LogP contribution in [0.3, 0.4) is 0 Å². The Balaban J connectivity index is 1.72. The molecule has 100 valence electrons. The molecule has 0 spiro atoms. The second kappa shape index (κ2) is 5.61. The minimum atomic E-state index is 0.781. The summed E-state index contributed by atoms with van der Waals surface area (Å²) in [5.74, 6) is 0.781. The van der Waals surface area contributed by atoms with Gasteiger partial charge in [-0.05, 0) is 24.6 Å². The molecule has 0 bridgehead atoms. The zero-order valence-electron chi connectivity index (χ0n) is 11.3. The Morgan fingerprint density at radius 2 is 1.95 bits per heavy atom. The first kappa shape index (κ1) is 12.5. The zero-order chi connectivity index (χ0) is 13.8. The SMILES string of the molecule is Cc1ccc(CNc2cccc(-c3cnco3)c2)cc1. The second-order valence-electron chi connectivity index (χ2n) is 4.79.